The van der Waals surface area contributed by atoms with Gasteiger partial charge in [0.1, 0.15) is 5.82 Å². The summed E-state index contributed by atoms with van der Waals surface area (Å²) < 4.78 is 36.2. The van der Waals surface area contributed by atoms with E-state index in [1.54, 1.807) is 6.92 Å². The van der Waals surface area contributed by atoms with Gasteiger partial charge in [-0.15, -0.1) is 0 Å². The van der Waals surface area contributed by atoms with Crippen molar-refractivity contribution in [2.75, 3.05) is 0 Å². The molecule has 0 aliphatic rings. The molecule has 2 unspecified atom stereocenters. The molecule has 0 heterocycles. The van der Waals surface area contributed by atoms with Gasteiger partial charge in [0.15, 0.2) is 0 Å². The Balaban J connectivity index is 3.28. The van der Waals surface area contributed by atoms with Crippen LogP contribution in [0.2, 0.25) is 0 Å². The monoisotopic (exact) mass is 274 g/mol. The van der Waals surface area contributed by atoms with Crippen LogP contribution in [-0.2, 0) is 10.0 Å². The van der Waals surface area contributed by atoms with Crippen molar-refractivity contribution in [3.63, 3.8) is 0 Å². The van der Waals surface area contributed by atoms with Crippen LogP contribution in [0.1, 0.15) is 32.3 Å². The zero-order valence-electron chi connectivity index (χ0n) is 10.7. The van der Waals surface area contributed by atoms with Gasteiger partial charge in [-0.25, -0.2) is 17.9 Å². The van der Waals surface area contributed by atoms with Crippen molar-refractivity contribution in [3.8, 4) is 0 Å². The summed E-state index contributed by atoms with van der Waals surface area (Å²) in [5.74, 6) is -0.600. The minimum atomic E-state index is -3.88. The number of sulfonamides is 1. The minimum absolute atomic E-state index is 0.153. The third-order valence-electron chi connectivity index (χ3n) is 2.94. The highest BCUT2D eigenvalue weighted by Crippen LogP contribution is 2.30. The predicted molar refractivity (Wildman–Crippen MR) is 69.0 cm³/mol. The Morgan fingerprint density at radius 3 is 2.11 bits per heavy atom. The summed E-state index contributed by atoms with van der Waals surface area (Å²) in [5, 5.41) is 4.95. The molecule has 0 saturated heterocycles. The highest BCUT2D eigenvalue weighted by Gasteiger charge is 2.24. The van der Waals surface area contributed by atoms with Crippen LogP contribution in [0.25, 0.3) is 0 Å². The van der Waals surface area contributed by atoms with Crippen molar-refractivity contribution in [1.29, 1.82) is 0 Å². The summed E-state index contributed by atoms with van der Waals surface area (Å²) in [6.07, 6.45) is 0. The van der Waals surface area contributed by atoms with Crippen LogP contribution in [-0.4, -0.2) is 14.5 Å². The Hall–Kier alpha value is -0.980. The fourth-order valence-electron chi connectivity index (χ4n) is 2.20. The number of benzene rings is 1. The molecule has 0 spiro atoms. The van der Waals surface area contributed by atoms with Gasteiger partial charge in [0, 0.05) is 12.0 Å². The van der Waals surface area contributed by atoms with Crippen LogP contribution in [0.5, 0.6) is 0 Å². The number of nitrogens with two attached hydrogens (primary N) is 2. The normalized spacial score (nSPS) is 15.7. The summed E-state index contributed by atoms with van der Waals surface area (Å²) in [5.41, 5.74) is 6.28. The van der Waals surface area contributed by atoms with E-state index in [1.807, 2.05) is 13.8 Å². The molecule has 1 aromatic carbocycles. The molecular weight excluding hydrogens is 255 g/mol. The Bertz CT molecular complexity index is 519. The molecule has 0 bridgehead atoms. The first-order valence-corrected chi connectivity index (χ1v) is 7.27. The molecule has 6 heteroatoms. The molecule has 0 aliphatic carbocycles. The SMILES string of the molecule is CC(C)C(c1ccc(S(N)(=O)=O)cc1F)C(C)N. The highest BCUT2D eigenvalue weighted by atomic mass is 32.2. The molecule has 0 saturated carbocycles. The van der Waals surface area contributed by atoms with Crippen molar-refractivity contribution in [3.05, 3.63) is 29.6 Å². The standard InChI is InChI=1S/C12H19FN2O2S/c1-7(2)12(8(3)14)10-5-4-9(6-11(10)13)18(15,16)17/h4-8,12H,14H2,1-3H3,(H2,15,16,17). The largest absolute Gasteiger partial charge is 0.327 e. The Kier molecular flexibility index (Phi) is 4.47. The minimum Gasteiger partial charge on any atom is -0.327 e. The van der Waals surface area contributed by atoms with E-state index in [9.17, 15) is 12.8 Å². The highest BCUT2D eigenvalue weighted by molar-refractivity contribution is 7.89. The molecule has 0 amide bonds. The number of hydrogen-bond donors (Lipinski definition) is 2. The topological polar surface area (TPSA) is 86.2 Å². The van der Waals surface area contributed by atoms with Crippen molar-refractivity contribution in [1.82, 2.24) is 0 Å². The number of halogens is 1. The Labute approximate surface area is 107 Å². The van der Waals surface area contributed by atoms with Gasteiger partial charge in [0.2, 0.25) is 10.0 Å². The smallest absolute Gasteiger partial charge is 0.238 e. The fourth-order valence-corrected chi connectivity index (χ4v) is 2.73. The summed E-state index contributed by atoms with van der Waals surface area (Å²) in [6, 6.07) is 3.48. The van der Waals surface area contributed by atoms with Gasteiger partial charge in [-0.3, -0.25) is 0 Å². The average molecular weight is 274 g/mol. The average Bonchev–Trinajstić information content (AvgIpc) is 2.18. The molecule has 0 fully saturated rings. The van der Waals surface area contributed by atoms with E-state index in [2.05, 4.69) is 0 Å². The number of primary sulfonamides is 1. The van der Waals surface area contributed by atoms with Gasteiger partial charge in [-0.2, -0.15) is 0 Å². The lowest BCUT2D eigenvalue weighted by atomic mass is 9.83. The maximum Gasteiger partial charge on any atom is 0.238 e. The molecule has 1 rings (SSSR count). The summed E-state index contributed by atoms with van der Waals surface area (Å²) >= 11 is 0. The first-order valence-electron chi connectivity index (χ1n) is 5.72. The molecule has 0 radical (unpaired) electrons. The molecule has 18 heavy (non-hydrogen) atoms. The van der Waals surface area contributed by atoms with Crippen LogP contribution in [0.4, 0.5) is 4.39 Å². The van der Waals surface area contributed by atoms with E-state index >= 15 is 0 Å². The van der Waals surface area contributed by atoms with Crippen molar-refractivity contribution in [2.24, 2.45) is 16.8 Å². The van der Waals surface area contributed by atoms with Gasteiger partial charge in [-0.1, -0.05) is 19.9 Å². The molecule has 2 atom stereocenters. The van der Waals surface area contributed by atoms with E-state index in [0.717, 1.165) is 6.07 Å². The van der Waals surface area contributed by atoms with Crippen LogP contribution >= 0.6 is 0 Å². The third kappa shape index (κ3) is 3.28. The molecule has 1 aromatic rings. The molecule has 4 nitrogen and oxygen atoms in total. The number of hydrogen-bond acceptors (Lipinski definition) is 3. The van der Waals surface area contributed by atoms with Crippen molar-refractivity contribution < 1.29 is 12.8 Å². The molecule has 102 valence electrons. The maximum atomic E-state index is 14.0. The van der Waals surface area contributed by atoms with Gasteiger partial charge >= 0.3 is 0 Å². The van der Waals surface area contributed by atoms with E-state index in [1.165, 1.54) is 12.1 Å². The quantitative estimate of drug-likeness (QED) is 0.873. The Morgan fingerprint density at radius 1 is 1.22 bits per heavy atom. The van der Waals surface area contributed by atoms with E-state index < -0.39 is 15.8 Å². The lowest BCUT2D eigenvalue weighted by molar-refractivity contribution is 0.418. The fraction of sp³-hybridized carbons (Fsp3) is 0.500. The molecular formula is C12H19FN2O2S. The molecule has 0 aromatic heterocycles. The second kappa shape index (κ2) is 5.34. The van der Waals surface area contributed by atoms with Crippen LogP contribution in [0.3, 0.4) is 0 Å². The predicted octanol–water partition coefficient (Wildman–Crippen LogP) is 1.56. The van der Waals surface area contributed by atoms with Gasteiger partial charge < -0.3 is 5.73 Å². The summed E-state index contributed by atoms with van der Waals surface area (Å²) in [7, 11) is -3.88. The molecule has 0 aliphatic heterocycles. The van der Waals surface area contributed by atoms with E-state index in [-0.39, 0.29) is 22.8 Å². The first-order chi connectivity index (χ1) is 8.14. The van der Waals surface area contributed by atoms with Gasteiger partial charge in [0.25, 0.3) is 0 Å². The third-order valence-corrected chi connectivity index (χ3v) is 3.86. The van der Waals surface area contributed by atoms with Crippen LogP contribution < -0.4 is 10.9 Å². The van der Waals surface area contributed by atoms with Gasteiger partial charge in [-0.05, 0) is 30.5 Å². The number of rotatable bonds is 4. The zero-order chi connectivity index (χ0) is 14.1. The Morgan fingerprint density at radius 2 is 1.78 bits per heavy atom. The second-order valence-electron chi connectivity index (χ2n) is 4.86. The summed E-state index contributed by atoms with van der Waals surface area (Å²) in [6.45, 7) is 5.69. The van der Waals surface area contributed by atoms with Crippen molar-refractivity contribution >= 4 is 10.0 Å². The zero-order valence-corrected chi connectivity index (χ0v) is 11.5. The van der Waals surface area contributed by atoms with E-state index in [4.69, 9.17) is 10.9 Å². The molecule has 4 N–H and O–H groups in total. The van der Waals surface area contributed by atoms with E-state index in [0.29, 0.717) is 5.56 Å². The van der Waals surface area contributed by atoms with Crippen LogP contribution in [0.15, 0.2) is 23.1 Å². The second-order valence-corrected chi connectivity index (χ2v) is 6.42. The summed E-state index contributed by atoms with van der Waals surface area (Å²) in [4.78, 5) is -0.226. The van der Waals surface area contributed by atoms with Gasteiger partial charge in [0.05, 0.1) is 4.90 Å². The lowest BCUT2D eigenvalue weighted by Crippen LogP contribution is -2.29. The lowest BCUT2D eigenvalue weighted by Gasteiger charge is -2.25. The first kappa shape index (κ1) is 15.1. The van der Waals surface area contributed by atoms with Crippen molar-refractivity contribution in [2.45, 2.75) is 37.6 Å². The maximum absolute atomic E-state index is 14.0. The van der Waals surface area contributed by atoms with Crippen LogP contribution in [0, 0.1) is 11.7 Å².